The Kier molecular flexibility index (Phi) is 8.93. The molecule has 2 heterocycles. The number of anilines is 1. The van der Waals surface area contributed by atoms with E-state index in [9.17, 15) is 28.9 Å². The van der Waals surface area contributed by atoms with E-state index in [2.05, 4.69) is 16.0 Å². The zero-order chi connectivity index (χ0) is 28.7. The van der Waals surface area contributed by atoms with Crippen molar-refractivity contribution in [2.45, 2.75) is 69.2 Å². The molecule has 6 atom stereocenters. The Morgan fingerprint density at radius 1 is 1.08 bits per heavy atom. The highest BCUT2D eigenvalue weighted by atomic mass is 35.5. The van der Waals surface area contributed by atoms with Crippen LogP contribution >= 0.6 is 23.2 Å². The van der Waals surface area contributed by atoms with Crippen LogP contribution in [0.15, 0.2) is 30.3 Å². The maximum atomic E-state index is 15.0. The van der Waals surface area contributed by atoms with Crippen molar-refractivity contribution < 1.29 is 28.9 Å². The highest BCUT2D eigenvalue weighted by molar-refractivity contribution is 6.31. The van der Waals surface area contributed by atoms with Crippen molar-refractivity contribution >= 4 is 34.8 Å². The average molecular weight is 587 g/mol. The molecule has 2 aromatic rings. The lowest BCUT2D eigenvalue weighted by molar-refractivity contribution is -0.122. The fourth-order valence-electron chi connectivity index (χ4n) is 6.14. The van der Waals surface area contributed by atoms with Crippen molar-refractivity contribution in [1.82, 2.24) is 10.6 Å². The van der Waals surface area contributed by atoms with Crippen LogP contribution in [0.2, 0.25) is 10.0 Å². The van der Waals surface area contributed by atoms with E-state index in [0.29, 0.717) is 23.2 Å². The zero-order valence-electron chi connectivity index (χ0n) is 22.1. The summed E-state index contributed by atoms with van der Waals surface area (Å²) in [6.07, 6.45) is -0.190. The first kappa shape index (κ1) is 30.1. The van der Waals surface area contributed by atoms with Crippen molar-refractivity contribution in [2.24, 2.45) is 5.41 Å². The first-order chi connectivity index (χ1) is 18.3. The minimum Gasteiger partial charge on any atom is -0.395 e. The number of halogens is 4. The topological polar surface area (TPSA) is 114 Å². The molecule has 1 amide bonds. The normalized spacial score (nSPS) is 26.1. The Labute approximate surface area is 236 Å². The van der Waals surface area contributed by atoms with E-state index in [1.54, 1.807) is 6.07 Å². The summed E-state index contributed by atoms with van der Waals surface area (Å²) in [6.45, 7) is 5.65. The van der Waals surface area contributed by atoms with Crippen LogP contribution in [-0.4, -0.2) is 65.2 Å². The number of nitrogens with one attached hydrogen (secondary N) is 3. The van der Waals surface area contributed by atoms with Crippen LogP contribution in [0.4, 0.5) is 14.5 Å². The standard InChI is InChI=1S/C28H35Cl2F2N3O4/c1-27(2,3)11-23-28(16-9-20(32)18(30)10-21(16)34-26(28)39)24(14-4-5-19(31)17(29)8-14)25(35-23)22(13-37)33-7-6-15(38)12-36/h4-5,8-10,15,22-25,33,35-38H,6-7,11-13H2,1-3H3,(H,34,39)/t15-,22?,23+,24-,25-,28-/m0/s1. The summed E-state index contributed by atoms with van der Waals surface area (Å²) in [6, 6.07) is 5.21. The van der Waals surface area contributed by atoms with Gasteiger partial charge in [0.1, 0.15) is 17.0 Å². The first-order valence-corrected chi connectivity index (χ1v) is 13.7. The van der Waals surface area contributed by atoms with Gasteiger partial charge in [0.05, 0.1) is 29.4 Å². The molecule has 0 aromatic heterocycles. The molecule has 0 radical (unpaired) electrons. The van der Waals surface area contributed by atoms with E-state index in [-0.39, 0.29) is 40.9 Å². The second-order valence-corrected chi connectivity index (χ2v) is 12.5. The number of fused-ring (bicyclic) bond motifs is 2. The van der Waals surface area contributed by atoms with Gasteiger partial charge >= 0.3 is 0 Å². The van der Waals surface area contributed by atoms with Gasteiger partial charge in [-0.25, -0.2) is 8.78 Å². The van der Waals surface area contributed by atoms with Crippen LogP contribution in [0.25, 0.3) is 0 Å². The van der Waals surface area contributed by atoms with E-state index in [1.807, 2.05) is 20.8 Å². The Hall–Kier alpha value is -1.85. The minimum absolute atomic E-state index is 0.124. The lowest BCUT2D eigenvalue weighted by Gasteiger charge is -2.38. The molecule has 2 aromatic carbocycles. The molecule has 1 saturated heterocycles. The Morgan fingerprint density at radius 3 is 2.38 bits per heavy atom. The summed E-state index contributed by atoms with van der Waals surface area (Å²) in [5.74, 6) is -2.36. The van der Waals surface area contributed by atoms with Crippen LogP contribution < -0.4 is 16.0 Å². The third-order valence-corrected chi connectivity index (χ3v) is 8.35. The molecule has 11 heteroatoms. The van der Waals surface area contributed by atoms with Crippen molar-refractivity contribution in [3.05, 3.63) is 63.1 Å². The van der Waals surface area contributed by atoms with E-state index >= 15 is 0 Å². The van der Waals surface area contributed by atoms with Gasteiger partial charge in [0.2, 0.25) is 5.91 Å². The van der Waals surface area contributed by atoms with Gasteiger partial charge in [0.25, 0.3) is 0 Å². The van der Waals surface area contributed by atoms with Gasteiger partial charge in [-0.3, -0.25) is 4.79 Å². The van der Waals surface area contributed by atoms with Gasteiger partial charge in [-0.15, -0.1) is 0 Å². The summed E-state index contributed by atoms with van der Waals surface area (Å²) < 4.78 is 29.3. The molecular weight excluding hydrogens is 551 g/mol. The van der Waals surface area contributed by atoms with Crippen LogP contribution in [0.1, 0.15) is 50.7 Å². The van der Waals surface area contributed by atoms with Gasteiger partial charge in [-0.05, 0) is 60.2 Å². The number of benzene rings is 2. The second kappa shape index (κ2) is 11.6. The molecule has 39 heavy (non-hydrogen) atoms. The fraction of sp³-hybridized carbons (Fsp3) is 0.536. The van der Waals surface area contributed by atoms with Crippen molar-refractivity contribution in [1.29, 1.82) is 0 Å². The molecule has 1 unspecified atom stereocenters. The molecule has 214 valence electrons. The molecule has 0 saturated carbocycles. The molecule has 7 nitrogen and oxygen atoms in total. The number of amides is 1. The number of hydrogen-bond acceptors (Lipinski definition) is 6. The third-order valence-electron chi connectivity index (χ3n) is 7.77. The van der Waals surface area contributed by atoms with Gasteiger partial charge in [0, 0.05) is 29.7 Å². The van der Waals surface area contributed by atoms with E-state index < -0.39 is 53.8 Å². The van der Waals surface area contributed by atoms with Gasteiger partial charge < -0.3 is 31.3 Å². The maximum Gasteiger partial charge on any atom is 0.237 e. The van der Waals surface area contributed by atoms with Gasteiger partial charge in [-0.2, -0.15) is 0 Å². The van der Waals surface area contributed by atoms with E-state index in [0.717, 1.165) is 0 Å². The smallest absolute Gasteiger partial charge is 0.237 e. The second-order valence-electron chi connectivity index (χ2n) is 11.7. The van der Waals surface area contributed by atoms with Crippen molar-refractivity contribution in [2.75, 3.05) is 25.1 Å². The molecule has 0 aliphatic carbocycles. The van der Waals surface area contributed by atoms with Gasteiger partial charge in [0.15, 0.2) is 0 Å². The lowest BCUT2D eigenvalue weighted by Crippen LogP contribution is -2.51. The summed E-state index contributed by atoms with van der Waals surface area (Å²) >= 11 is 12.3. The lowest BCUT2D eigenvalue weighted by atomic mass is 9.62. The molecule has 6 N–H and O–H groups in total. The van der Waals surface area contributed by atoms with Crippen LogP contribution in [-0.2, 0) is 10.2 Å². The van der Waals surface area contributed by atoms with E-state index in [1.165, 1.54) is 24.3 Å². The number of rotatable bonds is 9. The average Bonchev–Trinajstić information content (AvgIpc) is 3.32. The summed E-state index contributed by atoms with van der Waals surface area (Å²) in [4.78, 5) is 14.1. The van der Waals surface area contributed by atoms with Gasteiger partial charge in [-0.1, -0.05) is 50.0 Å². The Morgan fingerprint density at radius 2 is 1.77 bits per heavy atom. The number of aliphatic hydroxyl groups excluding tert-OH is 3. The Bertz CT molecular complexity index is 1230. The number of carbonyl (C=O) groups is 1. The van der Waals surface area contributed by atoms with E-state index in [4.69, 9.17) is 23.2 Å². The van der Waals surface area contributed by atoms with Crippen molar-refractivity contribution in [3.8, 4) is 0 Å². The first-order valence-electron chi connectivity index (χ1n) is 13.0. The molecule has 1 fully saturated rings. The number of aliphatic hydroxyl groups is 3. The monoisotopic (exact) mass is 585 g/mol. The highest BCUT2D eigenvalue weighted by Gasteiger charge is 2.65. The molecule has 0 bridgehead atoms. The Balaban J connectivity index is 1.92. The van der Waals surface area contributed by atoms with Crippen LogP contribution in [0.3, 0.4) is 0 Å². The summed E-state index contributed by atoms with van der Waals surface area (Å²) in [5.41, 5.74) is -0.239. The molecule has 2 aliphatic heterocycles. The highest BCUT2D eigenvalue weighted by Crippen LogP contribution is 2.57. The predicted molar refractivity (Wildman–Crippen MR) is 147 cm³/mol. The summed E-state index contributed by atoms with van der Waals surface area (Å²) in [5, 5.41) is 39.0. The third kappa shape index (κ3) is 5.68. The quantitative estimate of drug-likeness (QED) is 0.267. The fourth-order valence-corrected chi connectivity index (χ4v) is 6.50. The maximum absolute atomic E-state index is 15.0. The number of carbonyl (C=O) groups excluding carboxylic acids is 1. The predicted octanol–water partition coefficient (Wildman–Crippen LogP) is 3.72. The number of hydrogen-bond donors (Lipinski definition) is 6. The molecule has 2 aliphatic rings. The molecule has 1 spiro atoms. The molecule has 4 rings (SSSR count). The SMILES string of the molecule is CC(C)(C)C[C@H]1N[C@@H](C(CO)NCC[C@H](O)CO)[C@H](c2ccc(F)c(Cl)c2)[C@@]12C(=O)Nc1cc(Cl)c(F)cc12. The van der Waals surface area contributed by atoms with Crippen LogP contribution in [0.5, 0.6) is 0 Å². The minimum atomic E-state index is -1.35. The largest absolute Gasteiger partial charge is 0.395 e. The van der Waals surface area contributed by atoms with Crippen LogP contribution in [0, 0.1) is 17.0 Å². The summed E-state index contributed by atoms with van der Waals surface area (Å²) in [7, 11) is 0. The zero-order valence-corrected chi connectivity index (χ0v) is 23.6. The van der Waals surface area contributed by atoms with Crippen molar-refractivity contribution in [3.63, 3.8) is 0 Å². The molecular formula is C28H35Cl2F2N3O4.